The summed E-state index contributed by atoms with van der Waals surface area (Å²) < 4.78 is 12.0. The predicted octanol–water partition coefficient (Wildman–Crippen LogP) is 3.08. The second kappa shape index (κ2) is 7.74. The van der Waals surface area contributed by atoms with E-state index in [9.17, 15) is 4.79 Å². The van der Waals surface area contributed by atoms with Gasteiger partial charge < -0.3 is 14.4 Å². The van der Waals surface area contributed by atoms with E-state index in [1.165, 1.54) is 0 Å². The van der Waals surface area contributed by atoms with E-state index in [-0.39, 0.29) is 23.8 Å². The Morgan fingerprint density at radius 3 is 2.83 bits per heavy atom. The number of aromatic nitrogens is 3. The van der Waals surface area contributed by atoms with Crippen molar-refractivity contribution in [1.29, 1.82) is 0 Å². The largest absolute Gasteiger partial charge is 0.493 e. The van der Waals surface area contributed by atoms with E-state index >= 15 is 0 Å². The lowest BCUT2D eigenvalue weighted by Gasteiger charge is -2.34. The number of carbonyl (C=O) groups excluding carboxylic acids is 1. The van der Waals surface area contributed by atoms with Gasteiger partial charge in [-0.05, 0) is 25.1 Å². The van der Waals surface area contributed by atoms with Gasteiger partial charge in [-0.1, -0.05) is 18.2 Å². The summed E-state index contributed by atoms with van der Waals surface area (Å²) in [6.45, 7) is 3.44. The van der Waals surface area contributed by atoms with Crippen LogP contribution >= 0.6 is 0 Å². The van der Waals surface area contributed by atoms with E-state index in [1.54, 1.807) is 36.8 Å². The van der Waals surface area contributed by atoms with Gasteiger partial charge in [0.05, 0.1) is 19.3 Å². The molecule has 1 amide bonds. The second-order valence-corrected chi connectivity index (χ2v) is 7.66. The molecule has 0 radical (unpaired) electrons. The summed E-state index contributed by atoms with van der Waals surface area (Å²) in [5, 5.41) is 0. The van der Waals surface area contributed by atoms with Crippen LogP contribution < -0.4 is 9.47 Å². The summed E-state index contributed by atoms with van der Waals surface area (Å²) in [6.07, 6.45) is 4.99. The van der Waals surface area contributed by atoms with Crippen LogP contribution in [0, 0.1) is 18.8 Å². The number of hydrogen-bond donors (Lipinski definition) is 0. The molecule has 0 aliphatic carbocycles. The molecule has 7 heteroatoms. The highest BCUT2D eigenvalue weighted by atomic mass is 16.5. The van der Waals surface area contributed by atoms with Crippen LogP contribution in [-0.2, 0) is 0 Å². The van der Waals surface area contributed by atoms with Gasteiger partial charge in [0.15, 0.2) is 0 Å². The molecule has 0 saturated carbocycles. The topological polar surface area (TPSA) is 77.4 Å². The third kappa shape index (κ3) is 3.36. The molecule has 0 spiro atoms. The summed E-state index contributed by atoms with van der Waals surface area (Å²) >= 11 is 0. The number of benzene rings is 1. The minimum atomic E-state index is -0.0450. The van der Waals surface area contributed by atoms with Crippen LogP contribution in [-0.4, -0.2) is 45.5 Å². The van der Waals surface area contributed by atoms with Crippen molar-refractivity contribution in [3.05, 3.63) is 78.0 Å². The average Bonchev–Trinajstić information content (AvgIpc) is 3.17. The van der Waals surface area contributed by atoms with Crippen LogP contribution in [0.15, 0.2) is 61.1 Å². The maximum absolute atomic E-state index is 13.4. The van der Waals surface area contributed by atoms with Crippen molar-refractivity contribution < 1.29 is 14.3 Å². The Kier molecular flexibility index (Phi) is 4.78. The van der Waals surface area contributed by atoms with Crippen molar-refractivity contribution in [1.82, 2.24) is 19.9 Å². The molecule has 0 N–H and O–H groups in total. The van der Waals surface area contributed by atoms with Crippen LogP contribution in [0.3, 0.4) is 0 Å². The van der Waals surface area contributed by atoms with Crippen LogP contribution in [0.2, 0.25) is 0 Å². The quantitative estimate of drug-likeness (QED) is 0.667. The molecule has 2 aliphatic heterocycles. The lowest BCUT2D eigenvalue weighted by molar-refractivity contribution is 0.0674. The van der Waals surface area contributed by atoms with Gasteiger partial charge in [0.2, 0.25) is 5.88 Å². The fourth-order valence-corrected chi connectivity index (χ4v) is 4.41. The van der Waals surface area contributed by atoms with E-state index in [0.29, 0.717) is 37.0 Å². The SMILES string of the molecule is Cc1nccc(OC[C@@H]2CN(C(=O)c3ccncc3)[C@H]3c4ccccc4OC[C@@H]23)n1. The minimum absolute atomic E-state index is 0.00415. The van der Waals surface area contributed by atoms with Gasteiger partial charge in [0, 0.05) is 54.2 Å². The molecule has 0 bridgehead atoms. The number of hydrogen-bond acceptors (Lipinski definition) is 6. The Labute approximate surface area is 174 Å². The average molecular weight is 402 g/mol. The normalized spacial score (nSPS) is 22.0. The highest BCUT2D eigenvalue weighted by Crippen LogP contribution is 2.47. The van der Waals surface area contributed by atoms with E-state index in [0.717, 1.165) is 11.3 Å². The number of pyridine rings is 1. The fraction of sp³-hybridized carbons (Fsp3) is 0.304. The Bertz CT molecular complexity index is 1060. The smallest absolute Gasteiger partial charge is 0.254 e. The molecular weight excluding hydrogens is 380 g/mol. The number of carbonyl (C=O) groups is 1. The molecule has 152 valence electrons. The van der Waals surface area contributed by atoms with Gasteiger partial charge >= 0.3 is 0 Å². The lowest BCUT2D eigenvalue weighted by Crippen LogP contribution is -2.35. The van der Waals surface area contributed by atoms with Gasteiger partial charge in [-0.3, -0.25) is 9.78 Å². The van der Waals surface area contributed by atoms with Gasteiger partial charge in [0.1, 0.15) is 11.6 Å². The van der Waals surface area contributed by atoms with Crippen molar-refractivity contribution in [2.24, 2.45) is 11.8 Å². The van der Waals surface area contributed by atoms with Crippen LogP contribution in [0.25, 0.3) is 0 Å². The number of para-hydroxylation sites is 1. The van der Waals surface area contributed by atoms with E-state index in [2.05, 4.69) is 21.0 Å². The Morgan fingerprint density at radius 1 is 1.17 bits per heavy atom. The van der Waals surface area contributed by atoms with E-state index in [1.807, 2.05) is 30.0 Å². The first-order chi connectivity index (χ1) is 14.7. The third-order valence-corrected chi connectivity index (χ3v) is 5.83. The van der Waals surface area contributed by atoms with Crippen molar-refractivity contribution >= 4 is 5.91 Å². The lowest BCUT2D eigenvalue weighted by atomic mass is 9.85. The number of aryl methyl sites for hydroxylation is 1. The van der Waals surface area contributed by atoms with Crippen molar-refractivity contribution in [3.63, 3.8) is 0 Å². The molecule has 0 unspecified atom stereocenters. The van der Waals surface area contributed by atoms with Crippen molar-refractivity contribution in [2.75, 3.05) is 19.8 Å². The minimum Gasteiger partial charge on any atom is -0.493 e. The molecule has 3 atom stereocenters. The van der Waals surface area contributed by atoms with E-state index in [4.69, 9.17) is 9.47 Å². The summed E-state index contributed by atoms with van der Waals surface area (Å²) in [6, 6.07) is 13.2. The second-order valence-electron chi connectivity index (χ2n) is 7.66. The van der Waals surface area contributed by atoms with Gasteiger partial charge in [0.25, 0.3) is 5.91 Å². The number of amides is 1. The summed E-state index contributed by atoms with van der Waals surface area (Å²) in [4.78, 5) is 27.8. The molecule has 2 aliphatic rings. The fourth-order valence-electron chi connectivity index (χ4n) is 4.41. The molecular formula is C23H22N4O3. The molecule has 30 heavy (non-hydrogen) atoms. The number of fused-ring (bicyclic) bond motifs is 3. The molecule has 1 fully saturated rings. The number of rotatable bonds is 4. The Balaban J connectivity index is 1.44. The molecule has 5 rings (SSSR count). The third-order valence-electron chi connectivity index (χ3n) is 5.83. The summed E-state index contributed by atoms with van der Waals surface area (Å²) in [5.74, 6) is 2.35. The molecule has 4 heterocycles. The zero-order valence-electron chi connectivity index (χ0n) is 16.6. The van der Waals surface area contributed by atoms with Crippen LogP contribution in [0.5, 0.6) is 11.6 Å². The molecule has 1 aromatic carbocycles. The maximum Gasteiger partial charge on any atom is 0.254 e. The summed E-state index contributed by atoms with van der Waals surface area (Å²) in [7, 11) is 0. The monoisotopic (exact) mass is 402 g/mol. The highest BCUT2D eigenvalue weighted by Gasteiger charge is 2.48. The maximum atomic E-state index is 13.4. The molecule has 1 saturated heterocycles. The Morgan fingerprint density at radius 2 is 2.00 bits per heavy atom. The van der Waals surface area contributed by atoms with Crippen molar-refractivity contribution in [3.8, 4) is 11.6 Å². The Hall–Kier alpha value is -3.48. The highest BCUT2D eigenvalue weighted by molar-refractivity contribution is 5.94. The van der Waals surface area contributed by atoms with Crippen LogP contribution in [0.4, 0.5) is 0 Å². The molecule has 7 nitrogen and oxygen atoms in total. The zero-order chi connectivity index (χ0) is 20.5. The van der Waals surface area contributed by atoms with Gasteiger partial charge in [-0.15, -0.1) is 0 Å². The zero-order valence-corrected chi connectivity index (χ0v) is 16.6. The number of nitrogens with zero attached hydrogens (tertiary/aromatic N) is 4. The van der Waals surface area contributed by atoms with E-state index < -0.39 is 0 Å². The molecule has 2 aromatic heterocycles. The first-order valence-electron chi connectivity index (χ1n) is 10.1. The number of likely N-dealkylation sites (tertiary alicyclic amines) is 1. The van der Waals surface area contributed by atoms with Crippen molar-refractivity contribution in [2.45, 2.75) is 13.0 Å². The molecule has 3 aromatic rings. The van der Waals surface area contributed by atoms with Gasteiger partial charge in [-0.2, -0.15) is 4.98 Å². The first-order valence-corrected chi connectivity index (χ1v) is 10.1. The first kappa shape index (κ1) is 18.5. The summed E-state index contributed by atoms with van der Waals surface area (Å²) in [5.41, 5.74) is 1.69. The standard InChI is InChI=1S/C23H22N4O3/c1-15-25-11-8-21(26-15)30-13-17-12-27(23(28)16-6-9-24-10-7-16)22-18-4-2-3-5-20(18)29-14-19(17)22/h2-11,17,19,22H,12-14H2,1H3/t17-,19-,22-/m0/s1. The number of ether oxygens (including phenoxy) is 2. The van der Waals surface area contributed by atoms with Gasteiger partial charge in [-0.25, -0.2) is 4.98 Å². The predicted molar refractivity (Wildman–Crippen MR) is 109 cm³/mol. The van der Waals surface area contributed by atoms with Crippen LogP contribution in [0.1, 0.15) is 27.8 Å².